The summed E-state index contributed by atoms with van der Waals surface area (Å²) in [7, 11) is 0. The van der Waals surface area contributed by atoms with Crippen LogP contribution < -0.4 is 0 Å². The molecule has 0 fully saturated rings. The molecule has 0 aliphatic heterocycles. The van der Waals surface area contributed by atoms with Crippen molar-refractivity contribution in [1.29, 1.82) is 0 Å². The summed E-state index contributed by atoms with van der Waals surface area (Å²) in [4.78, 5) is 12.3. The van der Waals surface area contributed by atoms with E-state index < -0.39 is 0 Å². The van der Waals surface area contributed by atoms with Gasteiger partial charge in [0.1, 0.15) is 11.6 Å². The first kappa shape index (κ1) is 15.9. The third-order valence-corrected chi connectivity index (χ3v) is 4.88. The molecule has 5 rings (SSSR count). The fraction of sp³-hybridized carbons (Fsp3) is 0. The van der Waals surface area contributed by atoms with Gasteiger partial charge in [-0.15, -0.1) is 0 Å². The van der Waals surface area contributed by atoms with Crippen molar-refractivity contribution in [1.82, 2.24) is 15.0 Å². The van der Waals surface area contributed by atoms with E-state index in [-0.39, 0.29) is 0 Å². The average molecular weight is 365 g/mol. The first-order valence-electron chi connectivity index (χ1n) is 8.73. The van der Waals surface area contributed by atoms with Crippen LogP contribution in [0.2, 0.25) is 0 Å². The van der Waals surface area contributed by atoms with Gasteiger partial charge in [0.25, 0.3) is 0 Å². The highest BCUT2D eigenvalue weighted by Crippen LogP contribution is 2.25. The van der Waals surface area contributed by atoms with Crippen LogP contribution in [0.5, 0.6) is 0 Å². The van der Waals surface area contributed by atoms with E-state index in [0.29, 0.717) is 4.77 Å². The Bertz CT molecular complexity index is 1250. The Kier molecular flexibility index (Phi) is 3.77. The topological polar surface area (TPSA) is 41.6 Å². The van der Waals surface area contributed by atoms with Crippen LogP contribution in [0.4, 0.5) is 0 Å². The quantitative estimate of drug-likeness (QED) is 0.380. The van der Waals surface area contributed by atoms with Gasteiger partial charge in [-0.25, -0.2) is 9.97 Å². The van der Waals surface area contributed by atoms with Gasteiger partial charge in [-0.1, -0.05) is 72.8 Å². The van der Waals surface area contributed by atoms with Gasteiger partial charge in [0.15, 0.2) is 0 Å². The molecule has 0 bridgehead atoms. The molecule has 0 unspecified atom stereocenters. The van der Waals surface area contributed by atoms with E-state index in [1.807, 2.05) is 24.3 Å². The summed E-state index contributed by atoms with van der Waals surface area (Å²) in [6.45, 7) is 0. The molecule has 27 heavy (non-hydrogen) atoms. The highest BCUT2D eigenvalue weighted by Gasteiger charge is 2.07. The van der Waals surface area contributed by atoms with E-state index in [2.05, 4.69) is 75.6 Å². The highest BCUT2D eigenvalue weighted by atomic mass is 32.1. The zero-order chi connectivity index (χ0) is 18.2. The first-order chi connectivity index (χ1) is 13.3. The standard InChI is InChI=1S/C23H15N3S/c27-23-25-21(19-11-9-15-5-1-3-7-17(15)13-19)24-22(26-23)20-12-10-16-6-2-4-8-18(16)14-20/h1-14H,(H,24,25,26,27). The van der Waals surface area contributed by atoms with Gasteiger partial charge in [-0.05, 0) is 45.9 Å². The molecule has 5 aromatic rings. The number of hydrogen-bond donors (Lipinski definition) is 1. The minimum atomic E-state index is 0.333. The molecule has 128 valence electrons. The summed E-state index contributed by atoms with van der Waals surface area (Å²) in [6, 6.07) is 29.1. The Morgan fingerprint density at radius 1 is 0.556 bits per heavy atom. The summed E-state index contributed by atoms with van der Waals surface area (Å²) in [5, 5.41) is 4.73. The predicted molar refractivity (Wildman–Crippen MR) is 113 cm³/mol. The molecule has 0 aliphatic rings. The normalized spacial score (nSPS) is 11.1. The lowest BCUT2D eigenvalue weighted by Gasteiger charge is -2.08. The number of hydrogen-bond acceptors (Lipinski definition) is 3. The van der Waals surface area contributed by atoms with Crippen LogP contribution in [0, 0.1) is 4.77 Å². The maximum Gasteiger partial charge on any atom is 0.223 e. The number of fused-ring (bicyclic) bond motifs is 2. The van der Waals surface area contributed by atoms with Crippen LogP contribution in [0.25, 0.3) is 44.3 Å². The fourth-order valence-corrected chi connectivity index (χ4v) is 3.51. The van der Waals surface area contributed by atoms with Crippen LogP contribution >= 0.6 is 12.2 Å². The number of H-pyrrole nitrogens is 1. The van der Waals surface area contributed by atoms with E-state index in [0.717, 1.165) is 22.8 Å². The van der Waals surface area contributed by atoms with E-state index in [4.69, 9.17) is 12.2 Å². The molecule has 1 N–H and O–H groups in total. The highest BCUT2D eigenvalue weighted by molar-refractivity contribution is 7.71. The van der Waals surface area contributed by atoms with Crippen molar-refractivity contribution in [2.24, 2.45) is 0 Å². The average Bonchev–Trinajstić information content (AvgIpc) is 2.72. The summed E-state index contributed by atoms with van der Waals surface area (Å²) in [5.41, 5.74) is 1.98. The maximum atomic E-state index is 5.34. The van der Waals surface area contributed by atoms with Gasteiger partial charge in [0.2, 0.25) is 4.77 Å². The summed E-state index contributed by atoms with van der Waals surface area (Å²) < 4.78 is 0.333. The SMILES string of the molecule is S=c1nc(-c2ccc3ccccc3c2)[nH]c(-c2ccc3ccccc3c2)n1. The van der Waals surface area contributed by atoms with Gasteiger partial charge in [-0.3, -0.25) is 0 Å². The third-order valence-electron chi connectivity index (χ3n) is 4.70. The molecular weight excluding hydrogens is 350 g/mol. The van der Waals surface area contributed by atoms with E-state index in [9.17, 15) is 0 Å². The molecule has 3 nitrogen and oxygen atoms in total. The van der Waals surface area contributed by atoms with Crippen LogP contribution in [0.1, 0.15) is 0 Å². The van der Waals surface area contributed by atoms with E-state index in [1.165, 1.54) is 21.5 Å². The lowest BCUT2D eigenvalue weighted by Crippen LogP contribution is -1.97. The molecule has 0 aliphatic carbocycles. The van der Waals surface area contributed by atoms with Crippen molar-refractivity contribution in [3.8, 4) is 22.8 Å². The minimum absolute atomic E-state index is 0.333. The molecule has 4 heteroatoms. The minimum Gasteiger partial charge on any atom is -0.324 e. The molecule has 1 heterocycles. The summed E-state index contributed by atoms with van der Waals surface area (Å²) in [5.74, 6) is 1.45. The van der Waals surface area contributed by atoms with Crippen molar-refractivity contribution in [3.63, 3.8) is 0 Å². The molecule has 0 spiro atoms. The second-order valence-corrected chi connectivity index (χ2v) is 6.82. The van der Waals surface area contributed by atoms with Crippen LogP contribution in [-0.2, 0) is 0 Å². The third kappa shape index (κ3) is 3.00. The Morgan fingerprint density at radius 2 is 1.00 bits per heavy atom. The molecule has 1 aromatic heterocycles. The number of nitrogens with zero attached hydrogens (tertiary/aromatic N) is 2. The monoisotopic (exact) mass is 365 g/mol. The van der Waals surface area contributed by atoms with Crippen LogP contribution in [0.15, 0.2) is 84.9 Å². The molecule has 0 radical (unpaired) electrons. The summed E-state index contributed by atoms with van der Waals surface area (Å²) >= 11 is 5.34. The number of rotatable bonds is 2. The molecular formula is C23H15N3S. The van der Waals surface area contributed by atoms with Gasteiger partial charge in [0, 0.05) is 11.1 Å². The predicted octanol–water partition coefficient (Wildman–Crippen LogP) is 6.17. The van der Waals surface area contributed by atoms with Gasteiger partial charge in [0.05, 0.1) is 0 Å². The zero-order valence-corrected chi connectivity index (χ0v) is 15.2. The number of benzene rings is 4. The second-order valence-electron chi connectivity index (χ2n) is 6.45. The van der Waals surface area contributed by atoms with Crippen molar-refractivity contribution in [3.05, 3.63) is 89.7 Å². The molecule has 0 saturated carbocycles. The first-order valence-corrected chi connectivity index (χ1v) is 9.14. The van der Waals surface area contributed by atoms with Crippen molar-refractivity contribution in [2.75, 3.05) is 0 Å². The van der Waals surface area contributed by atoms with Crippen LogP contribution in [-0.4, -0.2) is 15.0 Å². The van der Waals surface area contributed by atoms with E-state index >= 15 is 0 Å². The molecule has 0 amide bonds. The number of nitrogens with one attached hydrogen (secondary N) is 1. The number of aromatic nitrogens is 3. The van der Waals surface area contributed by atoms with Crippen molar-refractivity contribution < 1.29 is 0 Å². The van der Waals surface area contributed by atoms with Gasteiger partial charge < -0.3 is 4.98 Å². The molecule has 0 atom stereocenters. The van der Waals surface area contributed by atoms with Gasteiger partial charge in [-0.2, -0.15) is 0 Å². The molecule has 0 saturated heterocycles. The Balaban J connectivity index is 1.66. The van der Waals surface area contributed by atoms with E-state index in [1.54, 1.807) is 0 Å². The molecule has 4 aromatic carbocycles. The van der Waals surface area contributed by atoms with Crippen molar-refractivity contribution in [2.45, 2.75) is 0 Å². The number of aromatic amines is 1. The zero-order valence-electron chi connectivity index (χ0n) is 14.4. The Morgan fingerprint density at radius 3 is 1.48 bits per heavy atom. The smallest absolute Gasteiger partial charge is 0.223 e. The maximum absolute atomic E-state index is 5.34. The summed E-state index contributed by atoms with van der Waals surface area (Å²) in [6.07, 6.45) is 0. The second kappa shape index (κ2) is 6.41. The largest absolute Gasteiger partial charge is 0.324 e. The van der Waals surface area contributed by atoms with Crippen molar-refractivity contribution >= 4 is 33.8 Å². The lowest BCUT2D eigenvalue weighted by atomic mass is 10.1. The Labute approximate surface area is 161 Å². The van der Waals surface area contributed by atoms with Gasteiger partial charge >= 0.3 is 0 Å². The fourth-order valence-electron chi connectivity index (χ4n) is 3.33. The Hall–Kier alpha value is -3.37. The lowest BCUT2D eigenvalue weighted by molar-refractivity contribution is 1.04. The van der Waals surface area contributed by atoms with Crippen LogP contribution in [0.3, 0.4) is 0 Å².